The Balaban J connectivity index is 1.41. The van der Waals surface area contributed by atoms with Crippen molar-refractivity contribution in [2.75, 3.05) is 61.6 Å². The van der Waals surface area contributed by atoms with E-state index in [1.165, 1.54) is 6.33 Å². The fourth-order valence-electron chi connectivity index (χ4n) is 3.38. The molecule has 0 aromatic carbocycles. The highest BCUT2D eigenvalue weighted by atomic mass is 16.5. The number of carbonyl (C=O) groups excluding carboxylic acids is 1. The van der Waals surface area contributed by atoms with Crippen molar-refractivity contribution in [2.45, 2.75) is 12.8 Å². The van der Waals surface area contributed by atoms with E-state index in [2.05, 4.69) is 35.5 Å². The quantitative estimate of drug-likeness (QED) is 0.739. The van der Waals surface area contributed by atoms with E-state index in [1.54, 1.807) is 18.5 Å². The highest BCUT2D eigenvalue weighted by Crippen LogP contribution is 2.23. The number of carbonyl (C=O) groups is 1. The van der Waals surface area contributed by atoms with E-state index in [1.807, 2.05) is 0 Å². The molecule has 29 heavy (non-hydrogen) atoms. The minimum absolute atomic E-state index is 0.284. The first kappa shape index (κ1) is 19.5. The van der Waals surface area contributed by atoms with Crippen LogP contribution in [0.1, 0.15) is 23.3 Å². The van der Waals surface area contributed by atoms with Gasteiger partial charge in [-0.3, -0.25) is 4.79 Å². The first-order chi connectivity index (χ1) is 14.3. The molecule has 0 unspecified atom stereocenters. The minimum atomic E-state index is -0.328. The van der Waals surface area contributed by atoms with E-state index in [4.69, 9.17) is 9.47 Å². The lowest BCUT2D eigenvalue weighted by Crippen LogP contribution is -2.37. The van der Waals surface area contributed by atoms with Crippen LogP contribution in [0.25, 0.3) is 0 Å². The molecule has 2 aliphatic rings. The molecule has 10 heteroatoms. The number of ether oxygens (including phenoxy) is 2. The second-order valence-electron chi connectivity index (χ2n) is 7.02. The molecule has 2 N–H and O–H groups in total. The maximum atomic E-state index is 12.8. The Hall–Kier alpha value is -2.85. The largest absolute Gasteiger partial charge is 0.381 e. The van der Waals surface area contributed by atoms with Gasteiger partial charge in [-0.2, -0.15) is 0 Å². The van der Waals surface area contributed by atoms with Crippen molar-refractivity contribution in [3.63, 3.8) is 0 Å². The molecule has 0 bridgehead atoms. The average molecular weight is 399 g/mol. The number of hydrogen-bond acceptors (Lipinski definition) is 9. The van der Waals surface area contributed by atoms with E-state index in [0.29, 0.717) is 49.7 Å². The molecule has 154 valence electrons. The van der Waals surface area contributed by atoms with Crippen LogP contribution in [0.4, 0.5) is 17.5 Å². The first-order valence-electron chi connectivity index (χ1n) is 9.88. The Kier molecular flexibility index (Phi) is 6.42. The normalized spacial score (nSPS) is 17.7. The smallest absolute Gasteiger partial charge is 0.274 e. The maximum Gasteiger partial charge on any atom is 0.274 e. The summed E-state index contributed by atoms with van der Waals surface area (Å²) >= 11 is 0. The van der Waals surface area contributed by atoms with Crippen LogP contribution >= 0.6 is 0 Å². The second-order valence-corrected chi connectivity index (χ2v) is 7.02. The zero-order chi connectivity index (χ0) is 19.9. The third-order valence-electron chi connectivity index (χ3n) is 5.03. The zero-order valence-electron chi connectivity index (χ0n) is 16.2. The van der Waals surface area contributed by atoms with Gasteiger partial charge in [0.1, 0.15) is 17.7 Å². The summed E-state index contributed by atoms with van der Waals surface area (Å²) in [6.07, 6.45) is 6.69. The highest BCUT2D eigenvalue weighted by Gasteiger charge is 2.19. The summed E-state index contributed by atoms with van der Waals surface area (Å²) in [6.45, 7) is 5.04. The Labute approximate surface area is 169 Å². The van der Waals surface area contributed by atoms with E-state index < -0.39 is 0 Å². The van der Waals surface area contributed by atoms with Crippen LogP contribution in [-0.4, -0.2) is 71.9 Å². The summed E-state index contributed by atoms with van der Waals surface area (Å²) in [5.74, 6) is 1.33. The van der Waals surface area contributed by atoms with Crippen LogP contribution in [0.3, 0.4) is 0 Å². The minimum Gasteiger partial charge on any atom is -0.381 e. The van der Waals surface area contributed by atoms with E-state index in [9.17, 15) is 4.79 Å². The SMILES string of the molecule is O=C(Nc1cncnc1N1CCOCC1)c1ccnc(NCC2CCOCC2)n1. The maximum absolute atomic E-state index is 12.8. The van der Waals surface area contributed by atoms with Crippen LogP contribution in [0.15, 0.2) is 24.8 Å². The zero-order valence-corrected chi connectivity index (χ0v) is 16.2. The number of aromatic nitrogens is 4. The molecule has 0 saturated carbocycles. The fraction of sp³-hybridized carbons (Fsp3) is 0.526. The first-order valence-corrected chi connectivity index (χ1v) is 9.88. The Bertz CT molecular complexity index is 823. The van der Waals surface area contributed by atoms with Gasteiger partial charge < -0.3 is 25.0 Å². The van der Waals surface area contributed by atoms with Gasteiger partial charge in [0.25, 0.3) is 5.91 Å². The molecule has 4 rings (SSSR count). The molecule has 0 atom stereocenters. The molecule has 4 heterocycles. The van der Waals surface area contributed by atoms with Gasteiger partial charge in [0.2, 0.25) is 5.95 Å². The topological polar surface area (TPSA) is 114 Å². The van der Waals surface area contributed by atoms with Gasteiger partial charge in [0, 0.05) is 39.0 Å². The number of hydrogen-bond donors (Lipinski definition) is 2. The summed E-state index contributed by atoms with van der Waals surface area (Å²) in [5.41, 5.74) is 0.834. The second kappa shape index (κ2) is 9.57. The summed E-state index contributed by atoms with van der Waals surface area (Å²) in [6, 6.07) is 1.59. The molecule has 2 aliphatic heterocycles. The number of nitrogens with zero attached hydrogens (tertiary/aromatic N) is 5. The number of anilines is 3. The highest BCUT2D eigenvalue weighted by molar-refractivity contribution is 6.04. The lowest BCUT2D eigenvalue weighted by Gasteiger charge is -2.29. The summed E-state index contributed by atoms with van der Waals surface area (Å²) in [4.78, 5) is 31.8. The number of morpholine rings is 1. The van der Waals surface area contributed by atoms with Crippen molar-refractivity contribution in [1.29, 1.82) is 0 Å². The van der Waals surface area contributed by atoms with Crippen LogP contribution in [0.2, 0.25) is 0 Å². The van der Waals surface area contributed by atoms with Gasteiger partial charge in [0.05, 0.1) is 19.4 Å². The standard InChI is InChI=1S/C19H25N7O3/c27-18(24-16-12-20-13-23-17(16)26-5-9-29-10-6-26)15-1-4-21-19(25-15)22-11-14-2-7-28-8-3-14/h1,4,12-14H,2-3,5-11H2,(H,24,27)(H,21,22,25). The predicted octanol–water partition coefficient (Wildman–Crippen LogP) is 1.19. The van der Waals surface area contributed by atoms with Crippen LogP contribution < -0.4 is 15.5 Å². The van der Waals surface area contributed by atoms with Crippen LogP contribution in [0, 0.1) is 5.92 Å². The summed E-state index contributed by atoms with van der Waals surface area (Å²) in [7, 11) is 0. The molecule has 2 fully saturated rings. The van der Waals surface area contributed by atoms with Crippen molar-refractivity contribution in [3.05, 3.63) is 30.5 Å². The molecule has 2 aromatic rings. The van der Waals surface area contributed by atoms with Crippen molar-refractivity contribution in [1.82, 2.24) is 19.9 Å². The third-order valence-corrected chi connectivity index (χ3v) is 5.03. The van der Waals surface area contributed by atoms with Gasteiger partial charge in [-0.05, 0) is 24.8 Å². The van der Waals surface area contributed by atoms with Gasteiger partial charge in [0.15, 0.2) is 5.82 Å². The molecule has 2 aromatic heterocycles. The molecular formula is C19H25N7O3. The molecule has 0 spiro atoms. The fourth-order valence-corrected chi connectivity index (χ4v) is 3.38. The monoisotopic (exact) mass is 399 g/mol. The molecule has 10 nitrogen and oxygen atoms in total. The number of rotatable bonds is 6. The molecule has 0 aliphatic carbocycles. The average Bonchev–Trinajstić information content (AvgIpc) is 2.79. The van der Waals surface area contributed by atoms with Gasteiger partial charge >= 0.3 is 0 Å². The Morgan fingerprint density at radius 3 is 2.76 bits per heavy atom. The molecular weight excluding hydrogens is 374 g/mol. The third kappa shape index (κ3) is 5.15. The van der Waals surface area contributed by atoms with Crippen molar-refractivity contribution < 1.29 is 14.3 Å². The Morgan fingerprint density at radius 2 is 1.93 bits per heavy atom. The van der Waals surface area contributed by atoms with Gasteiger partial charge in [-0.15, -0.1) is 0 Å². The summed E-state index contributed by atoms with van der Waals surface area (Å²) in [5, 5.41) is 6.11. The predicted molar refractivity (Wildman–Crippen MR) is 107 cm³/mol. The van der Waals surface area contributed by atoms with Gasteiger partial charge in [-0.1, -0.05) is 0 Å². The molecule has 1 amide bonds. The summed E-state index contributed by atoms with van der Waals surface area (Å²) < 4.78 is 10.8. The molecule has 0 radical (unpaired) electrons. The van der Waals surface area contributed by atoms with Gasteiger partial charge in [-0.25, -0.2) is 19.9 Å². The van der Waals surface area contributed by atoms with E-state index in [0.717, 1.165) is 32.6 Å². The lowest BCUT2D eigenvalue weighted by atomic mass is 10.0. The van der Waals surface area contributed by atoms with Crippen molar-refractivity contribution >= 4 is 23.4 Å². The van der Waals surface area contributed by atoms with E-state index >= 15 is 0 Å². The van der Waals surface area contributed by atoms with Crippen LogP contribution in [0.5, 0.6) is 0 Å². The Morgan fingerprint density at radius 1 is 1.14 bits per heavy atom. The molecule has 2 saturated heterocycles. The van der Waals surface area contributed by atoms with Crippen molar-refractivity contribution in [2.24, 2.45) is 5.92 Å². The number of amides is 1. The lowest BCUT2D eigenvalue weighted by molar-refractivity contribution is 0.0699. The van der Waals surface area contributed by atoms with Crippen LogP contribution in [-0.2, 0) is 9.47 Å². The number of nitrogens with one attached hydrogen (secondary N) is 2. The van der Waals surface area contributed by atoms with Crippen molar-refractivity contribution in [3.8, 4) is 0 Å². The van der Waals surface area contributed by atoms with E-state index in [-0.39, 0.29) is 11.6 Å².